The molecule has 0 spiro atoms. The number of nitrogens with one attached hydrogen (secondary N) is 1. The minimum Gasteiger partial charge on any atom is -0.507 e. The molecule has 132 valence electrons. The molecule has 0 saturated carbocycles. The highest BCUT2D eigenvalue weighted by Crippen LogP contribution is 2.32. The summed E-state index contributed by atoms with van der Waals surface area (Å²) in [4.78, 5) is 13.7. The molecule has 0 radical (unpaired) electrons. The van der Waals surface area contributed by atoms with Gasteiger partial charge in [-0.15, -0.1) is 10.2 Å². The van der Waals surface area contributed by atoms with Crippen LogP contribution in [0, 0.1) is 13.8 Å². The molecule has 1 aromatic heterocycles. The second kappa shape index (κ2) is 7.06. The molecule has 2 heterocycles. The quantitative estimate of drug-likeness (QED) is 0.877. The second-order valence-electron chi connectivity index (χ2n) is 6.17. The Labute approximate surface area is 146 Å². The zero-order valence-corrected chi connectivity index (χ0v) is 14.6. The van der Waals surface area contributed by atoms with E-state index >= 15 is 0 Å². The largest absolute Gasteiger partial charge is 0.507 e. The zero-order valence-electron chi connectivity index (χ0n) is 14.6. The third kappa shape index (κ3) is 3.56. The van der Waals surface area contributed by atoms with Crippen LogP contribution in [-0.2, 0) is 9.53 Å². The van der Waals surface area contributed by atoms with Gasteiger partial charge in [0, 0.05) is 19.2 Å². The molecule has 0 unspecified atom stereocenters. The monoisotopic (exact) mass is 342 g/mol. The lowest BCUT2D eigenvalue weighted by molar-refractivity contribution is -0.132. The van der Waals surface area contributed by atoms with Crippen LogP contribution in [0.15, 0.2) is 24.3 Å². The van der Waals surface area contributed by atoms with Gasteiger partial charge in [0.15, 0.2) is 11.9 Å². The molecule has 3 rings (SSSR count). The summed E-state index contributed by atoms with van der Waals surface area (Å²) in [5, 5.41) is 21.4. The summed E-state index contributed by atoms with van der Waals surface area (Å²) >= 11 is 0. The summed E-state index contributed by atoms with van der Waals surface area (Å²) in [6.45, 7) is 5.42. The highest BCUT2D eigenvalue weighted by atomic mass is 16.5. The number of nitrogens with zero attached hydrogens (tertiary/aromatic N) is 3. The van der Waals surface area contributed by atoms with Crippen molar-refractivity contribution in [3.63, 3.8) is 0 Å². The van der Waals surface area contributed by atoms with Gasteiger partial charge in [-0.05, 0) is 43.2 Å². The Morgan fingerprint density at radius 3 is 2.76 bits per heavy atom. The molecule has 1 atom stereocenters. The first-order valence-corrected chi connectivity index (χ1v) is 8.22. The molecule has 1 aliphatic rings. The maximum absolute atomic E-state index is 11.8. The molecule has 1 amide bonds. The Morgan fingerprint density at radius 1 is 1.32 bits per heavy atom. The molecular weight excluding hydrogens is 320 g/mol. The number of ether oxygens (including phenoxy) is 1. The lowest BCUT2D eigenvalue weighted by atomic mass is 10.0. The topological polar surface area (TPSA) is 87.6 Å². The van der Waals surface area contributed by atoms with Gasteiger partial charge in [-0.2, -0.15) is 0 Å². The van der Waals surface area contributed by atoms with Gasteiger partial charge in [0.2, 0.25) is 0 Å². The van der Waals surface area contributed by atoms with Gasteiger partial charge in [0.05, 0.1) is 18.8 Å². The van der Waals surface area contributed by atoms with Crippen molar-refractivity contribution in [2.45, 2.75) is 20.0 Å². The second-order valence-corrected chi connectivity index (χ2v) is 6.17. The molecule has 0 bridgehead atoms. The first-order valence-electron chi connectivity index (χ1n) is 8.22. The maximum Gasteiger partial charge on any atom is 0.250 e. The minimum atomic E-state index is -0.511. The van der Waals surface area contributed by atoms with Crippen LogP contribution in [0.5, 0.6) is 5.75 Å². The fraction of sp³-hybridized carbons (Fsp3) is 0.389. The van der Waals surface area contributed by atoms with Crippen LogP contribution in [0.1, 0.15) is 11.1 Å². The molecule has 1 aromatic carbocycles. The zero-order chi connectivity index (χ0) is 18.0. The molecular formula is C18H22N4O3. The number of aromatic nitrogens is 2. The molecule has 1 saturated heterocycles. The number of benzene rings is 1. The number of hydrogen-bond acceptors (Lipinski definition) is 6. The van der Waals surface area contributed by atoms with E-state index in [9.17, 15) is 9.90 Å². The highest BCUT2D eigenvalue weighted by molar-refractivity contribution is 5.81. The number of morpholine rings is 1. The van der Waals surface area contributed by atoms with Crippen molar-refractivity contribution in [1.29, 1.82) is 0 Å². The van der Waals surface area contributed by atoms with Crippen molar-refractivity contribution in [3.05, 3.63) is 35.4 Å². The van der Waals surface area contributed by atoms with E-state index in [1.54, 1.807) is 13.1 Å². The molecule has 7 nitrogen and oxygen atoms in total. The number of carbonyl (C=O) groups is 1. The number of aromatic hydroxyl groups is 1. The number of hydrogen-bond donors (Lipinski definition) is 2. The number of likely N-dealkylation sites (N-methyl/N-ethyl adjacent to an activating group) is 1. The van der Waals surface area contributed by atoms with E-state index < -0.39 is 6.10 Å². The lowest BCUT2D eigenvalue weighted by Gasteiger charge is -2.32. The number of phenols is 1. The van der Waals surface area contributed by atoms with Gasteiger partial charge in [-0.1, -0.05) is 6.07 Å². The molecule has 2 N–H and O–H groups in total. The van der Waals surface area contributed by atoms with E-state index in [0.29, 0.717) is 36.8 Å². The number of aryl methyl sites for hydroxylation is 2. The summed E-state index contributed by atoms with van der Waals surface area (Å²) in [6.07, 6.45) is -0.511. The Balaban J connectivity index is 1.82. The first kappa shape index (κ1) is 17.2. The van der Waals surface area contributed by atoms with Crippen LogP contribution in [0.3, 0.4) is 0 Å². The van der Waals surface area contributed by atoms with Crippen LogP contribution in [-0.4, -0.2) is 54.1 Å². The molecule has 7 heteroatoms. The predicted octanol–water partition coefficient (Wildman–Crippen LogP) is 1.42. The van der Waals surface area contributed by atoms with E-state index in [1.807, 2.05) is 36.9 Å². The minimum absolute atomic E-state index is 0.144. The van der Waals surface area contributed by atoms with Crippen LogP contribution < -0.4 is 10.2 Å². The van der Waals surface area contributed by atoms with E-state index in [1.165, 1.54) is 0 Å². The SMILES string of the molecule is CNC(=O)[C@H]1CN(c2ccc(-c3c(C)cc(C)cc3O)nn2)CCO1. The van der Waals surface area contributed by atoms with Gasteiger partial charge in [-0.25, -0.2) is 0 Å². The van der Waals surface area contributed by atoms with Crippen molar-refractivity contribution in [1.82, 2.24) is 15.5 Å². The first-order chi connectivity index (χ1) is 12.0. The number of anilines is 1. The number of rotatable bonds is 3. The Bertz CT molecular complexity index is 753. The van der Waals surface area contributed by atoms with E-state index in [-0.39, 0.29) is 11.7 Å². The van der Waals surface area contributed by atoms with Crippen molar-refractivity contribution >= 4 is 11.7 Å². The average Bonchev–Trinajstić information content (AvgIpc) is 2.61. The summed E-state index contributed by atoms with van der Waals surface area (Å²) in [5.74, 6) is 0.741. The standard InChI is InChI=1S/C18H22N4O3/c1-11-8-12(2)17(14(23)9-11)13-4-5-16(21-20-13)22-6-7-25-15(10-22)18(24)19-3/h4-5,8-9,15,23H,6-7,10H2,1-3H3,(H,19,24)/t15-/m1/s1. The lowest BCUT2D eigenvalue weighted by Crippen LogP contribution is -2.49. The Morgan fingerprint density at radius 2 is 2.12 bits per heavy atom. The summed E-state index contributed by atoms with van der Waals surface area (Å²) in [5.41, 5.74) is 3.26. The van der Waals surface area contributed by atoms with Crippen molar-refractivity contribution < 1.29 is 14.6 Å². The number of amides is 1. The molecule has 0 aliphatic carbocycles. The van der Waals surface area contributed by atoms with Crippen molar-refractivity contribution in [2.24, 2.45) is 0 Å². The van der Waals surface area contributed by atoms with Crippen molar-refractivity contribution in [2.75, 3.05) is 31.6 Å². The molecule has 1 aliphatic heterocycles. The number of phenolic OH excluding ortho intramolecular Hbond substituents is 1. The maximum atomic E-state index is 11.8. The van der Waals surface area contributed by atoms with Gasteiger partial charge in [-0.3, -0.25) is 4.79 Å². The summed E-state index contributed by atoms with van der Waals surface area (Å²) in [6, 6.07) is 7.41. The van der Waals surface area contributed by atoms with Crippen LogP contribution in [0.2, 0.25) is 0 Å². The average molecular weight is 342 g/mol. The smallest absolute Gasteiger partial charge is 0.250 e. The number of carbonyl (C=O) groups excluding carboxylic acids is 1. The highest BCUT2D eigenvalue weighted by Gasteiger charge is 2.26. The van der Waals surface area contributed by atoms with E-state index in [2.05, 4.69) is 15.5 Å². The molecule has 2 aromatic rings. The summed E-state index contributed by atoms with van der Waals surface area (Å²) in [7, 11) is 1.59. The fourth-order valence-corrected chi connectivity index (χ4v) is 3.08. The normalized spacial score (nSPS) is 17.4. The predicted molar refractivity (Wildman–Crippen MR) is 94.6 cm³/mol. The van der Waals surface area contributed by atoms with Crippen molar-refractivity contribution in [3.8, 4) is 17.0 Å². The van der Waals surface area contributed by atoms with E-state index in [4.69, 9.17) is 4.74 Å². The van der Waals surface area contributed by atoms with Crippen LogP contribution in [0.4, 0.5) is 5.82 Å². The van der Waals surface area contributed by atoms with Gasteiger partial charge in [0.25, 0.3) is 5.91 Å². The van der Waals surface area contributed by atoms with Gasteiger partial charge >= 0.3 is 0 Å². The Kier molecular flexibility index (Phi) is 4.85. The van der Waals surface area contributed by atoms with E-state index in [0.717, 1.165) is 11.1 Å². The van der Waals surface area contributed by atoms with Gasteiger partial charge in [0.1, 0.15) is 5.75 Å². The Hall–Kier alpha value is -2.67. The molecule has 1 fully saturated rings. The third-order valence-electron chi connectivity index (χ3n) is 4.29. The fourth-order valence-electron chi connectivity index (χ4n) is 3.08. The summed E-state index contributed by atoms with van der Waals surface area (Å²) < 4.78 is 5.48. The van der Waals surface area contributed by atoms with Gasteiger partial charge < -0.3 is 20.1 Å². The molecule has 25 heavy (non-hydrogen) atoms. The van der Waals surface area contributed by atoms with Crippen LogP contribution >= 0.6 is 0 Å². The third-order valence-corrected chi connectivity index (χ3v) is 4.29. The van der Waals surface area contributed by atoms with Crippen LogP contribution in [0.25, 0.3) is 11.3 Å².